The SMILES string of the molecule is COc1ccccc1C1=NN(c2cc(Cl)ccc2Cl)[C@@H](c2ccc(F)cc2)C1. The van der Waals surface area contributed by atoms with Crippen molar-refractivity contribution in [2.75, 3.05) is 12.1 Å². The van der Waals surface area contributed by atoms with Crippen molar-refractivity contribution in [3.63, 3.8) is 0 Å². The number of hydrazone groups is 1. The van der Waals surface area contributed by atoms with Gasteiger partial charge >= 0.3 is 0 Å². The molecule has 3 aromatic carbocycles. The molecular weight excluding hydrogens is 398 g/mol. The highest BCUT2D eigenvalue weighted by atomic mass is 35.5. The zero-order valence-electron chi connectivity index (χ0n) is 15.1. The van der Waals surface area contributed by atoms with Crippen LogP contribution in [0.3, 0.4) is 0 Å². The lowest BCUT2D eigenvalue weighted by Crippen LogP contribution is -2.19. The molecule has 1 aliphatic heterocycles. The monoisotopic (exact) mass is 414 g/mol. The predicted octanol–water partition coefficient (Wildman–Crippen LogP) is 6.50. The van der Waals surface area contributed by atoms with Crippen molar-refractivity contribution in [3.05, 3.63) is 93.7 Å². The second-order valence-corrected chi connectivity index (χ2v) is 7.30. The lowest BCUT2D eigenvalue weighted by atomic mass is 9.97. The van der Waals surface area contributed by atoms with E-state index in [9.17, 15) is 4.39 Å². The van der Waals surface area contributed by atoms with Crippen LogP contribution in [0.2, 0.25) is 10.0 Å². The standard InChI is InChI=1S/C22H17Cl2FN2O/c1-28-22-5-3-2-4-17(22)19-13-20(14-6-9-16(25)10-7-14)27(26-19)21-12-15(23)8-11-18(21)24/h2-12,20H,13H2,1H3/t20-/m1/s1. The highest BCUT2D eigenvalue weighted by Gasteiger charge is 2.32. The smallest absolute Gasteiger partial charge is 0.127 e. The largest absolute Gasteiger partial charge is 0.496 e. The Labute approximate surface area is 173 Å². The zero-order chi connectivity index (χ0) is 19.7. The Hall–Kier alpha value is -2.56. The summed E-state index contributed by atoms with van der Waals surface area (Å²) in [6.07, 6.45) is 0.620. The van der Waals surface area contributed by atoms with Crippen LogP contribution in [-0.4, -0.2) is 12.8 Å². The van der Waals surface area contributed by atoms with E-state index in [2.05, 4.69) is 0 Å². The van der Waals surface area contributed by atoms with E-state index in [1.165, 1.54) is 12.1 Å². The molecule has 0 radical (unpaired) electrons. The summed E-state index contributed by atoms with van der Waals surface area (Å²) in [5.41, 5.74) is 3.42. The van der Waals surface area contributed by atoms with Gasteiger partial charge in [0.1, 0.15) is 11.6 Å². The molecule has 1 aliphatic rings. The van der Waals surface area contributed by atoms with Crippen LogP contribution in [0.4, 0.5) is 10.1 Å². The van der Waals surface area contributed by atoms with Gasteiger partial charge in [0.15, 0.2) is 0 Å². The van der Waals surface area contributed by atoms with Crippen LogP contribution >= 0.6 is 23.2 Å². The van der Waals surface area contributed by atoms with Gasteiger partial charge in [-0.1, -0.05) is 47.5 Å². The maximum Gasteiger partial charge on any atom is 0.127 e. The first-order valence-corrected chi connectivity index (χ1v) is 9.53. The van der Waals surface area contributed by atoms with E-state index < -0.39 is 0 Å². The molecule has 3 aromatic rings. The highest BCUT2D eigenvalue weighted by molar-refractivity contribution is 6.35. The van der Waals surface area contributed by atoms with Crippen molar-refractivity contribution < 1.29 is 9.13 Å². The first-order chi connectivity index (χ1) is 13.6. The topological polar surface area (TPSA) is 24.8 Å². The second-order valence-electron chi connectivity index (χ2n) is 6.46. The Morgan fingerprint density at radius 1 is 1.04 bits per heavy atom. The fourth-order valence-electron chi connectivity index (χ4n) is 3.38. The molecule has 3 nitrogen and oxygen atoms in total. The first-order valence-electron chi connectivity index (χ1n) is 8.77. The molecule has 1 heterocycles. The summed E-state index contributed by atoms with van der Waals surface area (Å²) in [7, 11) is 1.64. The summed E-state index contributed by atoms with van der Waals surface area (Å²) in [5.74, 6) is 0.470. The quantitative estimate of drug-likeness (QED) is 0.486. The molecule has 6 heteroatoms. The number of ether oxygens (including phenoxy) is 1. The summed E-state index contributed by atoms with van der Waals surface area (Å²) >= 11 is 12.7. The van der Waals surface area contributed by atoms with Crippen LogP contribution in [0, 0.1) is 5.82 Å². The lowest BCUT2D eigenvalue weighted by molar-refractivity contribution is 0.414. The van der Waals surface area contributed by atoms with Crippen molar-refractivity contribution >= 4 is 34.6 Å². The van der Waals surface area contributed by atoms with Gasteiger partial charge in [0.25, 0.3) is 0 Å². The van der Waals surface area contributed by atoms with Gasteiger partial charge in [0.05, 0.1) is 29.6 Å². The van der Waals surface area contributed by atoms with E-state index >= 15 is 0 Å². The molecule has 4 rings (SSSR count). The number of hydrogen-bond donors (Lipinski definition) is 0. The van der Waals surface area contributed by atoms with Gasteiger partial charge in [0, 0.05) is 17.0 Å². The van der Waals surface area contributed by atoms with Gasteiger partial charge in [0.2, 0.25) is 0 Å². The maximum absolute atomic E-state index is 13.5. The normalized spacial score (nSPS) is 16.2. The average molecular weight is 415 g/mol. The summed E-state index contributed by atoms with van der Waals surface area (Å²) in [6.45, 7) is 0. The van der Waals surface area contributed by atoms with E-state index in [1.54, 1.807) is 37.4 Å². The van der Waals surface area contributed by atoms with Crippen molar-refractivity contribution in [1.29, 1.82) is 0 Å². The Kier molecular flexibility index (Phi) is 5.25. The van der Waals surface area contributed by atoms with Gasteiger partial charge in [-0.2, -0.15) is 5.10 Å². The van der Waals surface area contributed by atoms with E-state index in [0.29, 0.717) is 22.2 Å². The van der Waals surface area contributed by atoms with E-state index in [-0.39, 0.29) is 11.9 Å². The lowest BCUT2D eigenvalue weighted by Gasteiger charge is -2.25. The van der Waals surface area contributed by atoms with E-state index in [4.69, 9.17) is 33.0 Å². The van der Waals surface area contributed by atoms with Crippen molar-refractivity contribution in [2.45, 2.75) is 12.5 Å². The van der Waals surface area contributed by atoms with Crippen molar-refractivity contribution in [1.82, 2.24) is 0 Å². The second kappa shape index (κ2) is 7.82. The molecule has 0 saturated heterocycles. The number of halogens is 3. The number of nitrogens with zero attached hydrogens (tertiary/aromatic N) is 2. The van der Waals surface area contributed by atoms with Gasteiger partial charge in [-0.3, -0.25) is 5.01 Å². The molecule has 28 heavy (non-hydrogen) atoms. The number of anilines is 1. The number of hydrogen-bond acceptors (Lipinski definition) is 3. The molecule has 0 bridgehead atoms. The van der Waals surface area contributed by atoms with Gasteiger partial charge in [-0.05, 0) is 48.0 Å². The molecule has 0 aliphatic carbocycles. The number of para-hydroxylation sites is 1. The van der Waals surface area contributed by atoms with Gasteiger partial charge in [-0.15, -0.1) is 0 Å². The minimum Gasteiger partial charge on any atom is -0.496 e. The minimum absolute atomic E-state index is 0.142. The average Bonchev–Trinajstić information content (AvgIpc) is 3.15. The number of benzene rings is 3. The predicted molar refractivity (Wildman–Crippen MR) is 112 cm³/mol. The Morgan fingerprint density at radius 3 is 2.54 bits per heavy atom. The third-order valence-corrected chi connectivity index (χ3v) is 5.29. The first kappa shape index (κ1) is 18.8. The van der Waals surface area contributed by atoms with Crippen LogP contribution in [0.15, 0.2) is 71.8 Å². The summed E-state index contributed by atoms with van der Waals surface area (Å²) < 4.78 is 19.0. The molecular formula is C22H17Cl2FN2O. The molecule has 0 saturated carbocycles. The maximum atomic E-state index is 13.5. The van der Waals surface area contributed by atoms with Crippen LogP contribution in [0.1, 0.15) is 23.6 Å². The fourth-order valence-corrected chi connectivity index (χ4v) is 3.75. The van der Waals surface area contributed by atoms with Gasteiger partial charge < -0.3 is 4.74 Å². The summed E-state index contributed by atoms with van der Waals surface area (Å²) in [6, 6.07) is 19.3. The molecule has 142 valence electrons. The van der Waals surface area contributed by atoms with E-state index in [1.807, 2.05) is 29.3 Å². The molecule has 0 amide bonds. The Balaban J connectivity index is 1.82. The fraction of sp³-hybridized carbons (Fsp3) is 0.136. The highest BCUT2D eigenvalue weighted by Crippen LogP contribution is 2.41. The number of methoxy groups -OCH3 is 1. The molecule has 0 fully saturated rings. The minimum atomic E-state index is -0.278. The molecule has 1 atom stereocenters. The van der Waals surface area contributed by atoms with E-state index in [0.717, 1.165) is 22.6 Å². The van der Waals surface area contributed by atoms with Crippen molar-refractivity contribution in [2.24, 2.45) is 5.10 Å². The van der Waals surface area contributed by atoms with Crippen LogP contribution < -0.4 is 9.75 Å². The zero-order valence-corrected chi connectivity index (χ0v) is 16.6. The Morgan fingerprint density at radius 2 is 1.79 bits per heavy atom. The van der Waals surface area contributed by atoms with Crippen LogP contribution in [-0.2, 0) is 0 Å². The molecule has 0 spiro atoms. The van der Waals surface area contributed by atoms with Gasteiger partial charge in [-0.25, -0.2) is 4.39 Å². The summed E-state index contributed by atoms with van der Waals surface area (Å²) in [4.78, 5) is 0. The third kappa shape index (κ3) is 3.58. The van der Waals surface area contributed by atoms with Crippen molar-refractivity contribution in [3.8, 4) is 5.75 Å². The Bertz CT molecular complexity index is 1040. The number of rotatable bonds is 4. The van der Waals surface area contributed by atoms with Crippen LogP contribution in [0.5, 0.6) is 5.75 Å². The third-order valence-electron chi connectivity index (χ3n) is 4.74. The molecule has 0 N–H and O–H groups in total. The van der Waals surface area contributed by atoms with Crippen LogP contribution in [0.25, 0.3) is 0 Å². The molecule has 0 aromatic heterocycles. The summed E-state index contributed by atoms with van der Waals surface area (Å²) in [5, 5.41) is 7.81. The molecule has 0 unspecified atom stereocenters.